The van der Waals surface area contributed by atoms with Gasteiger partial charge in [0.15, 0.2) is 0 Å². The summed E-state index contributed by atoms with van der Waals surface area (Å²) >= 11 is 0. The molecule has 1 radical (unpaired) electrons. The van der Waals surface area contributed by atoms with Crippen molar-refractivity contribution in [3.63, 3.8) is 0 Å². The van der Waals surface area contributed by atoms with Crippen molar-refractivity contribution >= 4 is 17.9 Å². The fraction of sp³-hybridized carbons (Fsp3) is 0.125. The topological polar surface area (TPSA) is 112 Å². The smallest absolute Gasteiger partial charge is 0.335 e. The molecule has 0 bridgehead atoms. The standard InChI is InChI=1S/3C8H8O2.Eu/c3*1-6-4-2-3-5-7(6)8(9)10;/h3*2-5H,1H3,(H,9,10);. The molecule has 0 heterocycles. The Morgan fingerprint density at radius 3 is 0.806 bits per heavy atom. The fourth-order valence-corrected chi connectivity index (χ4v) is 2.44. The minimum atomic E-state index is -0.863. The van der Waals surface area contributed by atoms with Gasteiger partial charge in [-0.1, -0.05) is 54.6 Å². The van der Waals surface area contributed by atoms with Crippen molar-refractivity contribution in [1.82, 2.24) is 0 Å². The van der Waals surface area contributed by atoms with Crippen LogP contribution in [0.25, 0.3) is 0 Å². The van der Waals surface area contributed by atoms with Gasteiger partial charge in [0, 0.05) is 49.4 Å². The minimum Gasteiger partial charge on any atom is -0.478 e. The maximum atomic E-state index is 10.4. The molecule has 3 aromatic rings. The summed E-state index contributed by atoms with van der Waals surface area (Å²) in [6.45, 7) is 5.34. The molecule has 7 heteroatoms. The summed E-state index contributed by atoms with van der Waals surface area (Å²) in [4.78, 5) is 31.3. The summed E-state index contributed by atoms with van der Waals surface area (Å²) in [5.41, 5.74) is 3.53. The molecule has 0 spiro atoms. The van der Waals surface area contributed by atoms with Gasteiger partial charge in [0.05, 0.1) is 16.7 Å². The van der Waals surface area contributed by atoms with Gasteiger partial charge in [-0.3, -0.25) is 0 Å². The number of carboxylic acids is 3. The Morgan fingerprint density at radius 1 is 0.484 bits per heavy atom. The van der Waals surface area contributed by atoms with Gasteiger partial charge in [-0.05, 0) is 55.7 Å². The van der Waals surface area contributed by atoms with E-state index in [0.717, 1.165) is 16.7 Å². The van der Waals surface area contributed by atoms with Crippen LogP contribution < -0.4 is 0 Å². The zero-order valence-corrected chi connectivity index (χ0v) is 19.8. The number of benzene rings is 3. The van der Waals surface area contributed by atoms with Gasteiger partial charge in [-0.25, -0.2) is 14.4 Å². The molecule has 31 heavy (non-hydrogen) atoms. The molecule has 3 N–H and O–H groups in total. The van der Waals surface area contributed by atoms with E-state index in [1.165, 1.54) is 0 Å². The fourth-order valence-electron chi connectivity index (χ4n) is 2.44. The molecule has 3 aromatic carbocycles. The van der Waals surface area contributed by atoms with Crippen LogP contribution in [0.3, 0.4) is 0 Å². The summed E-state index contributed by atoms with van der Waals surface area (Å²) in [5.74, 6) is -2.59. The van der Waals surface area contributed by atoms with E-state index in [4.69, 9.17) is 15.3 Å². The van der Waals surface area contributed by atoms with Crippen LogP contribution in [0.5, 0.6) is 0 Å². The van der Waals surface area contributed by atoms with Crippen LogP contribution in [0, 0.1) is 70.1 Å². The normalized spacial score (nSPS) is 9.00. The second-order valence-electron chi connectivity index (χ2n) is 6.36. The molecule has 0 saturated carbocycles. The Bertz CT molecular complexity index is 898. The molecule has 0 aliphatic carbocycles. The third kappa shape index (κ3) is 10.0. The van der Waals surface area contributed by atoms with E-state index >= 15 is 0 Å². The second-order valence-corrected chi connectivity index (χ2v) is 6.36. The van der Waals surface area contributed by atoms with Crippen LogP contribution >= 0.6 is 0 Å². The van der Waals surface area contributed by atoms with Crippen LogP contribution in [-0.2, 0) is 0 Å². The number of aryl methyl sites for hydroxylation is 3. The van der Waals surface area contributed by atoms with Gasteiger partial charge in [-0.15, -0.1) is 0 Å². The van der Waals surface area contributed by atoms with Gasteiger partial charge in [-0.2, -0.15) is 0 Å². The Kier molecular flexibility index (Phi) is 13.5. The summed E-state index contributed by atoms with van der Waals surface area (Å²) in [6, 6.07) is 20.7. The van der Waals surface area contributed by atoms with E-state index in [1.54, 1.807) is 75.4 Å². The molecule has 0 unspecified atom stereocenters. The first-order valence-electron chi connectivity index (χ1n) is 9.02. The van der Waals surface area contributed by atoms with Gasteiger partial charge in [0.2, 0.25) is 0 Å². The number of hydrogen-bond donors (Lipinski definition) is 3. The zero-order chi connectivity index (χ0) is 22.7. The Balaban J connectivity index is 0.000000429. The van der Waals surface area contributed by atoms with E-state index in [9.17, 15) is 14.4 Å². The largest absolute Gasteiger partial charge is 0.478 e. The summed E-state index contributed by atoms with van der Waals surface area (Å²) in [6.07, 6.45) is 0. The van der Waals surface area contributed by atoms with Crippen molar-refractivity contribution in [2.75, 3.05) is 0 Å². The predicted octanol–water partition coefficient (Wildman–Crippen LogP) is 5.08. The van der Waals surface area contributed by atoms with Crippen molar-refractivity contribution < 1.29 is 79.1 Å². The molecule has 0 aliphatic heterocycles. The minimum absolute atomic E-state index is 0. The maximum Gasteiger partial charge on any atom is 0.335 e. The van der Waals surface area contributed by atoms with Crippen molar-refractivity contribution in [2.45, 2.75) is 20.8 Å². The zero-order valence-electron chi connectivity index (χ0n) is 17.4. The van der Waals surface area contributed by atoms with Gasteiger partial charge in [0.25, 0.3) is 0 Å². The molecule has 0 fully saturated rings. The van der Waals surface area contributed by atoms with Crippen molar-refractivity contribution in [1.29, 1.82) is 0 Å². The quantitative estimate of drug-likeness (QED) is 0.412. The third-order valence-electron chi connectivity index (χ3n) is 4.13. The maximum absolute atomic E-state index is 10.4. The van der Waals surface area contributed by atoms with Crippen LogP contribution in [0.1, 0.15) is 47.8 Å². The van der Waals surface area contributed by atoms with Crippen molar-refractivity contribution in [3.05, 3.63) is 106 Å². The first kappa shape index (κ1) is 28.7. The molecule has 0 aromatic heterocycles. The van der Waals surface area contributed by atoms with Gasteiger partial charge in [0.1, 0.15) is 0 Å². The molecular weight excluding hydrogens is 536 g/mol. The Labute approximate surface area is 222 Å². The van der Waals surface area contributed by atoms with Gasteiger partial charge < -0.3 is 15.3 Å². The molecule has 0 atom stereocenters. The van der Waals surface area contributed by atoms with Gasteiger partial charge >= 0.3 is 17.9 Å². The molecule has 6 nitrogen and oxygen atoms in total. The SMILES string of the molecule is Cc1ccccc1C(=O)O.Cc1ccccc1C(=O)O.Cc1ccccc1C(=O)O.[Eu]. The number of aromatic carboxylic acids is 3. The van der Waals surface area contributed by atoms with Crippen LogP contribution in [0.15, 0.2) is 72.8 Å². The predicted molar refractivity (Wildman–Crippen MR) is 114 cm³/mol. The molecule has 0 amide bonds. The summed E-state index contributed by atoms with van der Waals surface area (Å²) in [5, 5.41) is 25.7. The van der Waals surface area contributed by atoms with Crippen molar-refractivity contribution in [3.8, 4) is 0 Å². The van der Waals surface area contributed by atoms with E-state index in [-0.39, 0.29) is 49.4 Å². The number of hydrogen-bond acceptors (Lipinski definition) is 3. The van der Waals surface area contributed by atoms with Crippen molar-refractivity contribution in [2.24, 2.45) is 0 Å². The van der Waals surface area contributed by atoms with Crippen LogP contribution in [0.4, 0.5) is 0 Å². The van der Waals surface area contributed by atoms with E-state index in [0.29, 0.717) is 16.7 Å². The first-order valence-corrected chi connectivity index (χ1v) is 9.02. The van der Waals surface area contributed by atoms with Crippen LogP contribution in [0.2, 0.25) is 0 Å². The second kappa shape index (κ2) is 14.6. The summed E-state index contributed by atoms with van der Waals surface area (Å²) < 4.78 is 0. The average Bonchev–Trinajstić information content (AvgIpc) is 2.69. The van der Waals surface area contributed by atoms with E-state index in [1.807, 2.05) is 18.2 Å². The Hall–Kier alpha value is -2.35. The number of carbonyl (C=O) groups is 3. The summed E-state index contributed by atoms with van der Waals surface area (Å²) in [7, 11) is 0. The average molecular weight is 560 g/mol. The number of carboxylic acid groups (broad SMARTS) is 3. The molecular formula is C24H24EuO6. The number of rotatable bonds is 3. The van der Waals surface area contributed by atoms with E-state index < -0.39 is 17.9 Å². The molecule has 0 saturated heterocycles. The molecule has 0 aliphatic rings. The van der Waals surface area contributed by atoms with Crippen LogP contribution in [-0.4, -0.2) is 33.2 Å². The van der Waals surface area contributed by atoms with E-state index in [2.05, 4.69) is 0 Å². The molecule has 163 valence electrons. The monoisotopic (exact) mass is 561 g/mol. The first-order chi connectivity index (χ1) is 14.1. The molecule has 3 rings (SSSR count). The Morgan fingerprint density at radius 2 is 0.677 bits per heavy atom. The third-order valence-corrected chi connectivity index (χ3v) is 4.13.